The number of aromatic nitrogens is 3. The fourth-order valence-corrected chi connectivity index (χ4v) is 3.21. The quantitative estimate of drug-likeness (QED) is 0.576. The van der Waals surface area contributed by atoms with E-state index in [1.165, 1.54) is 0 Å². The van der Waals surface area contributed by atoms with Crippen LogP contribution in [0.2, 0.25) is 0 Å². The number of amides is 1. The average molecular weight is 394 g/mol. The van der Waals surface area contributed by atoms with Crippen LogP contribution in [0.3, 0.4) is 0 Å². The molecule has 140 valence electrons. The van der Waals surface area contributed by atoms with Crippen LogP contribution < -0.4 is 26.8 Å². The monoisotopic (exact) mass is 393 g/mol. The van der Waals surface area contributed by atoms with Gasteiger partial charge in [-0.25, -0.2) is 4.98 Å². The second-order valence-electron chi connectivity index (χ2n) is 5.32. The summed E-state index contributed by atoms with van der Waals surface area (Å²) < 4.78 is 65.5. The van der Waals surface area contributed by atoms with Gasteiger partial charge in [-0.05, 0) is 12.1 Å². The van der Waals surface area contributed by atoms with Crippen molar-refractivity contribution in [1.82, 2.24) is 19.9 Å². The summed E-state index contributed by atoms with van der Waals surface area (Å²) in [6.07, 6.45) is 0. The third kappa shape index (κ3) is 3.68. The summed E-state index contributed by atoms with van der Waals surface area (Å²) in [5, 5.41) is 8.82. The highest BCUT2D eigenvalue weighted by Gasteiger charge is 2.16. The molecule has 27 heavy (non-hydrogen) atoms. The largest absolute Gasteiger partial charge is 0.354 e. The second kappa shape index (κ2) is 7.43. The second-order valence-corrected chi connectivity index (χ2v) is 6.28. The number of carbonyl (C=O) groups excluding carboxylic acids is 1. The third-order valence-electron chi connectivity index (χ3n) is 3.50. The van der Waals surface area contributed by atoms with Gasteiger partial charge in [-0.15, -0.1) is 0 Å². The van der Waals surface area contributed by atoms with Gasteiger partial charge in [-0.2, -0.15) is 9.61 Å². The van der Waals surface area contributed by atoms with Gasteiger partial charge in [-0.3, -0.25) is 9.59 Å². The summed E-state index contributed by atoms with van der Waals surface area (Å²) in [7, 11) is 0. The van der Waals surface area contributed by atoms with Crippen LogP contribution in [0.25, 0.3) is 15.5 Å². The standard InChI is InChI=1S/C17H19N7O2S/c18-10-14(25)20-12-3-1-2-11(8-12)16-22-24-15(26)9-13(21-17(24)27-16)23-6-4-19-5-7-23/h1-3,8-9,19H,4-7,10,18H2,(H,20,25)/i4D2,5D2,6D2,7D2. The molecule has 1 aliphatic heterocycles. The molecular weight excluding hydrogens is 366 g/mol. The van der Waals surface area contributed by atoms with Crippen LogP contribution in [0.15, 0.2) is 35.1 Å². The zero-order chi connectivity index (χ0) is 26.0. The van der Waals surface area contributed by atoms with Crippen molar-refractivity contribution in [3.63, 3.8) is 0 Å². The summed E-state index contributed by atoms with van der Waals surface area (Å²) in [5.74, 6) is -1.01. The Morgan fingerprint density at radius 3 is 2.96 bits per heavy atom. The third-order valence-corrected chi connectivity index (χ3v) is 4.46. The number of rotatable bonds is 4. The Bertz CT molecular complexity index is 1350. The van der Waals surface area contributed by atoms with E-state index in [2.05, 4.69) is 15.4 Å². The SMILES string of the molecule is [2H]C1([2H])NC([2H])([2H])C([2H])([2H])N(c2cc(=O)n3nc(-c4cccc(NC(=O)CN)c4)sc3n2)C1([2H])[2H]. The predicted molar refractivity (Wildman–Crippen MR) is 105 cm³/mol. The molecule has 1 amide bonds. The lowest BCUT2D eigenvalue weighted by Gasteiger charge is -2.27. The van der Waals surface area contributed by atoms with Crippen LogP contribution in [-0.4, -0.2) is 53.0 Å². The summed E-state index contributed by atoms with van der Waals surface area (Å²) in [6, 6.07) is 7.29. The minimum absolute atomic E-state index is 0.0647. The maximum atomic E-state index is 12.8. The van der Waals surface area contributed by atoms with Crippen molar-refractivity contribution in [1.29, 1.82) is 0 Å². The first-order valence-corrected chi connectivity index (χ1v) is 8.53. The number of hydrogen-bond donors (Lipinski definition) is 3. The van der Waals surface area contributed by atoms with Crippen LogP contribution in [0.5, 0.6) is 0 Å². The molecule has 4 N–H and O–H groups in total. The lowest BCUT2D eigenvalue weighted by atomic mass is 10.2. The topological polar surface area (TPSA) is 118 Å². The van der Waals surface area contributed by atoms with E-state index in [0.29, 0.717) is 16.3 Å². The van der Waals surface area contributed by atoms with Gasteiger partial charge in [0, 0.05) is 48.8 Å². The van der Waals surface area contributed by atoms with Gasteiger partial charge >= 0.3 is 0 Å². The molecule has 0 radical (unpaired) electrons. The highest BCUT2D eigenvalue weighted by Crippen LogP contribution is 2.27. The molecule has 3 heterocycles. The Labute approximate surface area is 170 Å². The number of nitrogens with two attached hydrogens (primary N) is 1. The van der Waals surface area contributed by atoms with Gasteiger partial charge < -0.3 is 21.3 Å². The highest BCUT2D eigenvalue weighted by molar-refractivity contribution is 7.19. The first kappa shape index (κ1) is 10.5. The Hall–Kier alpha value is -2.82. The van der Waals surface area contributed by atoms with Crippen LogP contribution in [0, 0.1) is 0 Å². The van der Waals surface area contributed by atoms with E-state index in [4.69, 9.17) is 16.7 Å². The van der Waals surface area contributed by atoms with E-state index in [0.717, 1.165) is 21.9 Å². The lowest BCUT2D eigenvalue weighted by molar-refractivity contribution is -0.114. The van der Waals surface area contributed by atoms with Gasteiger partial charge in [0.25, 0.3) is 5.56 Å². The Morgan fingerprint density at radius 1 is 1.37 bits per heavy atom. The number of anilines is 2. The zero-order valence-corrected chi connectivity index (χ0v) is 14.5. The average Bonchev–Trinajstić information content (AvgIpc) is 3.17. The van der Waals surface area contributed by atoms with Crippen LogP contribution in [-0.2, 0) is 4.79 Å². The highest BCUT2D eigenvalue weighted by atomic mass is 32.1. The van der Waals surface area contributed by atoms with E-state index in [1.807, 2.05) is 0 Å². The molecule has 4 rings (SSSR count). The number of carbonyl (C=O) groups is 1. The fourth-order valence-electron chi connectivity index (χ4n) is 2.31. The number of nitrogens with zero attached hydrogens (tertiary/aromatic N) is 4. The van der Waals surface area contributed by atoms with Crippen LogP contribution in [0.4, 0.5) is 11.5 Å². The van der Waals surface area contributed by atoms with Crippen LogP contribution in [0.1, 0.15) is 11.0 Å². The van der Waals surface area contributed by atoms with Crippen molar-refractivity contribution in [2.45, 2.75) is 0 Å². The number of benzene rings is 1. The van der Waals surface area contributed by atoms with E-state index >= 15 is 0 Å². The molecule has 0 saturated carbocycles. The molecule has 1 fully saturated rings. The van der Waals surface area contributed by atoms with E-state index < -0.39 is 43.3 Å². The number of nitrogens with one attached hydrogen (secondary N) is 2. The summed E-state index contributed by atoms with van der Waals surface area (Å²) in [5.41, 5.74) is 5.44. The number of fused-ring (bicyclic) bond motifs is 1. The Balaban J connectivity index is 1.83. The Kier molecular flexibility index (Phi) is 2.89. The minimum atomic E-state index is -3.14. The van der Waals surface area contributed by atoms with Crippen molar-refractivity contribution in [2.75, 3.05) is 42.7 Å². The van der Waals surface area contributed by atoms with Crippen LogP contribution >= 0.6 is 11.3 Å². The molecule has 0 aliphatic carbocycles. The molecule has 0 atom stereocenters. The molecule has 9 nitrogen and oxygen atoms in total. The van der Waals surface area contributed by atoms with Crippen molar-refractivity contribution in [2.24, 2.45) is 5.73 Å². The lowest BCUT2D eigenvalue weighted by Crippen LogP contribution is -2.44. The predicted octanol–water partition coefficient (Wildman–Crippen LogP) is 0.125. The van der Waals surface area contributed by atoms with Gasteiger partial charge in [0.2, 0.25) is 10.9 Å². The maximum Gasteiger partial charge on any atom is 0.277 e. The van der Waals surface area contributed by atoms with Crippen molar-refractivity contribution < 1.29 is 15.8 Å². The normalized spacial score (nSPS) is 26.3. The number of hydrogen-bond acceptors (Lipinski definition) is 8. The summed E-state index contributed by atoms with van der Waals surface area (Å²) in [6.45, 7) is -12.6. The zero-order valence-electron chi connectivity index (χ0n) is 21.7. The molecule has 1 saturated heterocycles. The first-order valence-electron chi connectivity index (χ1n) is 11.7. The summed E-state index contributed by atoms with van der Waals surface area (Å²) in [4.78, 5) is 28.6. The van der Waals surface area contributed by atoms with E-state index in [1.54, 1.807) is 29.6 Å². The molecule has 2 aromatic heterocycles. The maximum absolute atomic E-state index is 12.8. The van der Waals surface area contributed by atoms with E-state index in [-0.39, 0.29) is 16.4 Å². The number of piperazine rings is 1. The molecule has 10 heteroatoms. The summed E-state index contributed by atoms with van der Waals surface area (Å²) >= 11 is 0.905. The molecule has 0 spiro atoms. The Morgan fingerprint density at radius 2 is 2.19 bits per heavy atom. The molecule has 3 aromatic rings. The first-order chi connectivity index (χ1) is 16.1. The smallest absolute Gasteiger partial charge is 0.277 e. The van der Waals surface area contributed by atoms with Crippen molar-refractivity contribution in [3.8, 4) is 10.6 Å². The fraction of sp³-hybridized carbons (Fsp3) is 0.294. The molecule has 0 unspecified atom stereocenters. The molecule has 0 bridgehead atoms. The molecule has 1 aromatic carbocycles. The van der Waals surface area contributed by atoms with Crippen molar-refractivity contribution >= 4 is 33.7 Å². The molecular formula is C17H19N7O2S. The molecule has 1 aliphatic rings. The van der Waals surface area contributed by atoms with Gasteiger partial charge in [0.05, 0.1) is 12.0 Å². The van der Waals surface area contributed by atoms with Gasteiger partial charge in [0.1, 0.15) is 10.8 Å². The van der Waals surface area contributed by atoms with E-state index in [9.17, 15) is 9.59 Å². The minimum Gasteiger partial charge on any atom is -0.354 e. The van der Waals surface area contributed by atoms with Gasteiger partial charge in [0.15, 0.2) is 0 Å². The van der Waals surface area contributed by atoms with Gasteiger partial charge in [-0.1, -0.05) is 23.5 Å². The van der Waals surface area contributed by atoms with Crippen molar-refractivity contribution in [3.05, 3.63) is 40.7 Å².